The number of halogens is 3. The molecular weight excluding hydrogens is 372 g/mol. The van der Waals surface area contributed by atoms with E-state index in [0.29, 0.717) is 27.9 Å². The zero-order valence-electron chi connectivity index (χ0n) is 14.2. The molecule has 0 heterocycles. The zero-order valence-corrected chi connectivity index (χ0v) is 15.7. The van der Waals surface area contributed by atoms with Crippen LogP contribution in [0, 0.1) is 12.7 Å². The summed E-state index contributed by atoms with van der Waals surface area (Å²) in [5.74, 6) is 0.375. The second kappa shape index (κ2) is 8.43. The zero-order chi connectivity index (χ0) is 18.5. The summed E-state index contributed by atoms with van der Waals surface area (Å²) in [5.41, 5.74) is 3.31. The molecule has 3 rings (SSSR count). The molecule has 0 unspecified atom stereocenters. The van der Waals surface area contributed by atoms with Gasteiger partial charge in [0.1, 0.15) is 18.2 Å². The molecule has 5 heteroatoms. The Hall–Kier alpha value is -2.23. The van der Waals surface area contributed by atoms with Crippen molar-refractivity contribution >= 4 is 28.9 Å². The van der Waals surface area contributed by atoms with Gasteiger partial charge in [-0.05, 0) is 48.9 Å². The number of ether oxygens (including phenoxy) is 1. The number of rotatable bonds is 6. The summed E-state index contributed by atoms with van der Waals surface area (Å²) >= 11 is 12.3. The minimum absolute atomic E-state index is 0.150. The fraction of sp³-hybridized carbons (Fsp3) is 0.143. The molecule has 134 valence electrons. The van der Waals surface area contributed by atoms with E-state index >= 15 is 0 Å². The highest BCUT2D eigenvalue weighted by molar-refractivity contribution is 6.31. The van der Waals surface area contributed by atoms with Gasteiger partial charge in [0.2, 0.25) is 0 Å². The Kier molecular flexibility index (Phi) is 6.02. The standard InChI is InChI=1S/C21H18Cl2FNO/c1-14-18(23)6-4-8-20(14)25-12-16-11-17(22)9-10-21(16)26-13-15-5-2-3-7-19(15)24/h2-11,25H,12-13H2,1H3. The lowest BCUT2D eigenvalue weighted by Gasteiger charge is -2.15. The van der Waals surface area contributed by atoms with Gasteiger partial charge >= 0.3 is 0 Å². The van der Waals surface area contributed by atoms with Gasteiger partial charge < -0.3 is 10.1 Å². The monoisotopic (exact) mass is 389 g/mol. The van der Waals surface area contributed by atoms with Crippen LogP contribution in [-0.2, 0) is 13.2 Å². The highest BCUT2D eigenvalue weighted by Crippen LogP contribution is 2.27. The van der Waals surface area contributed by atoms with Crippen LogP contribution in [0.2, 0.25) is 10.0 Å². The van der Waals surface area contributed by atoms with Crippen LogP contribution < -0.4 is 10.1 Å². The van der Waals surface area contributed by atoms with Crippen LogP contribution in [0.5, 0.6) is 5.75 Å². The van der Waals surface area contributed by atoms with Crippen LogP contribution in [0.15, 0.2) is 60.7 Å². The molecule has 26 heavy (non-hydrogen) atoms. The first kappa shape index (κ1) is 18.6. The van der Waals surface area contributed by atoms with Crippen molar-refractivity contribution < 1.29 is 9.13 Å². The normalized spacial score (nSPS) is 10.6. The molecule has 0 aliphatic rings. The number of benzene rings is 3. The molecule has 0 atom stereocenters. The molecule has 0 radical (unpaired) electrons. The van der Waals surface area contributed by atoms with Gasteiger partial charge in [0.25, 0.3) is 0 Å². The number of hydrogen-bond acceptors (Lipinski definition) is 2. The summed E-state index contributed by atoms with van der Waals surface area (Å²) in [4.78, 5) is 0. The van der Waals surface area contributed by atoms with Crippen LogP contribution in [0.1, 0.15) is 16.7 Å². The molecule has 3 aromatic rings. The largest absolute Gasteiger partial charge is 0.488 e. The fourth-order valence-corrected chi connectivity index (χ4v) is 2.96. The van der Waals surface area contributed by atoms with Gasteiger partial charge in [-0.15, -0.1) is 0 Å². The molecule has 0 saturated heterocycles. The van der Waals surface area contributed by atoms with Crippen molar-refractivity contribution in [2.45, 2.75) is 20.1 Å². The van der Waals surface area contributed by atoms with Gasteiger partial charge in [0.15, 0.2) is 0 Å². The van der Waals surface area contributed by atoms with Gasteiger partial charge in [0, 0.05) is 33.4 Å². The minimum atomic E-state index is -0.282. The van der Waals surface area contributed by atoms with Crippen molar-refractivity contribution in [2.24, 2.45) is 0 Å². The van der Waals surface area contributed by atoms with E-state index in [4.69, 9.17) is 27.9 Å². The van der Waals surface area contributed by atoms with Crippen molar-refractivity contribution in [1.29, 1.82) is 0 Å². The molecule has 2 nitrogen and oxygen atoms in total. The number of hydrogen-bond donors (Lipinski definition) is 1. The van der Waals surface area contributed by atoms with Crippen LogP contribution in [0.3, 0.4) is 0 Å². The molecule has 0 aromatic heterocycles. The Morgan fingerprint density at radius 2 is 1.77 bits per heavy atom. The Morgan fingerprint density at radius 1 is 0.962 bits per heavy atom. The summed E-state index contributed by atoms with van der Waals surface area (Å²) < 4.78 is 19.6. The van der Waals surface area contributed by atoms with Crippen LogP contribution >= 0.6 is 23.2 Å². The summed E-state index contributed by atoms with van der Waals surface area (Å²) in [6, 6.07) is 17.7. The van der Waals surface area contributed by atoms with E-state index in [1.54, 1.807) is 30.3 Å². The van der Waals surface area contributed by atoms with E-state index in [0.717, 1.165) is 16.8 Å². The summed E-state index contributed by atoms with van der Waals surface area (Å²) in [6.07, 6.45) is 0. The highest BCUT2D eigenvalue weighted by Gasteiger charge is 2.09. The number of nitrogens with one attached hydrogen (secondary N) is 1. The first-order chi connectivity index (χ1) is 12.5. The molecule has 0 aliphatic carbocycles. The Labute approximate surface area is 162 Å². The maximum absolute atomic E-state index is 13.8. The molecule has 3 aromatic carbocycles. The maximum Gasteiger partial charge on any atom is 0.129 e. The first-order valence-corrected chi connectivity index (χ1v) is 8.94. The van der Waals surface area contributed by atoms with Gasteiger partial charge in [0.05, 0.1) is 0 Å². The Balaban J connectivity index is 1.75. The van der Waals surface area contributed by atoms with Crippen molar-refractivity contribution in [2.75, 3.05) is 5.32 Å². The quantitative estimate of drug-likeness (QED) is 0.510. The maximum atomic E-state index is 13.8. The lowest BCUT2D eigenvalue weighted by atomic mass is 10.1. The van der Waals surface area contributed by atoms with E-state index in [1.165, 1.54) is 6.07 Å². The number of anilines is 1. The molecular formula is C21H18Cl2FNO. The summed E-state index contributed by atoms with van der Waals surface area (Å²) in [5, 5.41) is 4.67. The second-order valence-corrected chi connectivity index (χ2v) is 6.74. The summed E-state index contributed by atoms with van der Waals surface area (Å²) in [7, 11) is 0. The van der Waals surface area contributed by atoms with Crippen LogP contribution in [-0.4, -0.2) is 0 Å². The van der Waals surface area contributed by atoms with Gasteiger partial charge in [-0.1, -0.05) is 47.5 Å². The van der Waals surface area contributed by atoms with E-state index in [1.807, 2.05) is 31.2 Å². The molecule has 0 bridgehead atoms. The third-order valence-electron chi connectivity index (χ3n) is 4.10. The lowest BCUT2D eigenvalue weighted by molar-refractivity contribution is 0.297. The van der Waals surface area contributed by atoms with E-state index in [2.05, 4.69) is 5.32 Å². The summed E-state index contributed by atoms with van der Waals surface area (Å²) in [6.45, 7) is 2.62. The van der Waals surface area contributed by atoms with Crippen LogP contribution in [0.25, 0.3) is 0 Å². The van der Waals surface area contributed by atoms with Crippen molar-refractivity contribution in [3.63, 3.8) is 0 Å². The molecule has 0 saturated carbocycles. The topological polar surface area (TPSA) is 21.3 Å². The molecule has 0 fully saturated rings. The Morgan fingerprint density at radius 3 is 2.58 bits per heavy atom. The second-order valence-electron chi connectivity index (χ2n) is 5.90. The smallest absolute Gasteiger partial charge is 0.129 e. The van der Waals surface area contributed by atoms with Gasteiger partial charge in [-0.2, -0.15) is 0 Å². The molecule has 0 aliphatic heterocycles. The van der Waals surface area contributed by atoms with E-state index in [9.17, 15) is 4.39 Å². The van der Waals surface area contributed by atoms with Crippen molar-refractivity contribution in [3.05, 3.63) is 93.2 Å². The molecule has 0 spiro atoms. The molecule has 1 N–H and O–H groups in total. The lowest BCUT2D eigenvalue weighted by Crippen LogP contribution is -2.05. The average Bonchev–Trinajstić information content (AvgIpc) is 2.63. The minimum Gasteiger partial charge on any atom is -0.488 e. The van der Waals surface area contributed by atoms with Gasteiger partial charge in [-0.3, -0.25) is 0 Å². The van der Waals surface area contributed by atoms with E-state index < -0.39 is 0 Å². The predicted molar refractivity (Wildman–Crippen MR) is 106 cm³/mol. The van der Waals surface area contributed by atoms with Crippen molar-refractivity contribution in [1.82, 2.24) is 0 Å². The average molecular weight is 390 g/mol. The first-order valence-electron chi connectivity index (χ1n) is 8.18. The fourth-order valence-electron chi connectivity index (χ4n) is 2.59. The Bertz CT molecular complexity index is 914. The highest BCUT2D eigenvalue weighted by atomic mass is 35.5. The van der Waals surface area contributed by atoms with Gasteiger partial charge in [-0.25, -0.2) is 4.39 Å². The SMILES string of the molecule is Cc1c(Cl)cccc1NCc1cc(Cl)ccc1OCc1ccccc1F. The van der Waals surface area contributed by atoms with E-state index in [-0.39, 0.29) is 12.4 Å². The predicted octanol–water partition coefficient (Wildman–Crippen LogP) is 6.63. The third kappa shape index (κ3) is 4.48. The van der Waals surface area contributed by atoms with Crippen molar-refractivity contribution in [3.8, 4) is 5.75 Å². The van der Waals surface area contributed by atoms with Crippen LogP contribution in [0.4, 0.5) is 10.1 Å². The third-order valence-corrected chi connectivity index (χ3v) is 4.75. The molecule has 0 amide bonds.